The summed E-state index contributed by atoms with van der Waals surface area (Å²) in [7, 11) is 0. The van der Waals surface area contributed by atoms with E-state index in [1.807, 2.05) is 0 Å². The highest BCUT2D eigenvalue weighted by molar-refractivity contribution is 6.32. The van der Waals surface area contributed by atoms with Crippen molar-refractivity contribution in [1.29, 1.82) is 0 Å². The van der Waals surface area contributed by atoms with Gasteiger partial charge < -0.3 is 0 Å². The van der Waals surface area contributed by atoms with Crippen LogP contribution >= 0.6 is 23.2 Å². The summed E-state index contributed by atoms with van der Waals surface area (Å²) in [6.45, 7) is 5.25. The van der Waals surface area contributed by atoms with E-state index < -0.39 is 28.0 Å². The Bertz CT molecular complexity index is 1090. The summed E-state index contributed by atoms with van der Waals surface area (Å²) >= 11 is 11.7. The summed E-state index contributed by atoms with van der Waals surface area (Å²) in [5.41, 5.74) is -0.425. The van der Waals surface area contributed by atoms with E-state index in [0.717, 1.165) is 16.7 Å². The molecule has 128 valence electrons. The average Bonchev–Trinajstić information content (AvgIpc) is 2.50. The lowest BCUT2D eigenvalue weighted by atomic mass is 10.1. The van der Waals surface area contributed by atoms with Gasteiger partial charge in [0.05, 0.1) is 10.4 Å². The van der Waals surface area contributed by atoms with Crippen molar-refractivity contribution >= 4 is 39.8 Å². The number of halogens is 5. The maximum absolute atomic E-state index is 14.4. The molecule has 2 heterocycles. The molecule has 2 aromatic heterocycles. The predicted molar refractivity (Wildman–Crippen MR) is 91.9 cm³/mol. The first kappa shape index (κ1) is 17.5. The zero-order chi connectivity index (χ0) is 18.5. The third-order valence-electron chi connectivity index (χ3n) is 3.57. The lowest BCUT2D eigenvalue weighted by Gasteiger charge is -2.15. The van der Waals surface area contributed by atoms with E-state index >= 15 is 0 Å². The topological polar surface area (TPSA) is 34.9 Å². The maximum Gasteiger partial charge on any atom is 0.198 e. The van der Waals surface area contributed by atoms with Crippen molar-refractivity contribution in [3.63, 3.8) is 0 Å². The third kappa shape index (κ3) is 2.92. The number of pyridine rings is 2. The normalized spacial score (nSPS) is 11.1. The fourth-order valence-corrected chi connectivity index (χ4v) is 2.86. The van der Waals surface area contributed by atoms with E-state index in [1.54, 1.807) is 6.92 Å². The lowest BCUT2D eigenvalue weighted by molar-refractivity contribution is 0.578. The average molecular weight is 385 g/mol. The summed E-state index contributed by atoms with van der Waals surface area (Å²) in [4.78, 5) is 16.4. The molecule has 8 heteroatoms. The molecular weight excluding hydrogens is 376 g/mol. The van der Waals surface area contributed by atoms with Crippen LogP contribution in [0.2, 0.25) is 10.2 Å². The minimum absolute atomic E-state index is 0.107. The molecule has 0 fully saturated rings. The van der Waals surface area contributed by atoms with Gasteiger partial charge in [0.1, 0.15) is 11.5 Å². The number of allylic oxidation sites excluding steroid dienone is 1. The van der Waals surface area contributed by atoms with Crippen LogP contribution in [-0.2, 0) is 0 Å². The number of rotatable bonds is 2. The van der Waals surface area contributed by atoms with Gasteiger partial charge in [-0.1, -0.05) is 29.8 Å². The Morgan fingerprint density at radius 1 is 1.16 bits per heavy atom. The molecule has 0 aliphatic carbocycles. The molecule has 3 aromatic rings. The molecule has 3 rings (SSSR count). The van der Waals surface area contributed by atoms with Crippen molar-refractivity contribution in [3.8, 4) is 5.69 Å². The van der Waals surface area contributed by atoms with Crippen LogP contribution in [0.4, 0.5) is 13.2 Å². The second-order valence-corrected chi connectivity index (χ2v) is 6.14. The van der Waals surface area contributed by atoms with Gasteiger partial charge in [0.25, 0.3) is 0 Å². The number of aromatic nitrogens is 2. The van der Waals surface area contributed by atoms with Crippen LogP contribution in [-0.4, -0.2) is 9.55 Å². The van der Waals surface area contributed by atoms with E-state index in [1.165, 1.54) is 6.20 Å². The smallest absolute Gasteiger partial charge is 0.198 e. The zero-order valence-electron chi connectivity index (χ0n) is 12.7. The highest BCUT2D eigenvalue weighted by Crippen LogP contribution is 2.29. The number of nitrogens with zero attached hydrogens (tertiary/aromatic N) is 2. The van der Waals surface area contributed by atoms with Gasteiger partial charge in [-0.05, 0) is 24.6 Å². The molecular formula is C17H9Cl2F3N2O. The maximum atomic E-state index is 14.4. The highest BCUT2D eigenvalue weighted by Gasteiger charge is 2.19. The molecule has 3 nitrogen and oxygen atoms in total. The number of hydrogen-bond acceptors (Lipinski definition) is 2. The number of hydrogen-bond donors (Lipinski definition) is 0. The first-order chi connectivity index (χ1) is 11.7. The minimum atomic E-state index is -0.982. The monoisotopic (exact) mass is 384 g/mol. The molecule has 0 unspecified atom stereocenters. The molecule has 0 atom stereocenters. The van der Waals surface area contributed by atoms with Crippen molar-refractivity contribution < 1.29 is 13.2 Å². The van der Waals surface area contributed by atoms with Crippen molar-refractivity contribution in [3.05, 3.63) is 74.4 Å². The van der Waals surface area contributed by atoms with Gasteiger partial charge >= 0.3 is 0 Å². The van der Waals surface area contributed by atoms with Crippen LogP contribution in [0.15, 0.2) is 35.8 Å². The van der Waals surface area contributed by atoms with Gasteiger partial charge in [-0.25, -0.2) is 18.2 Å². The van der Waals surface area contributed by atoms with Crippen molar-refractivity contribution in [2.75, 3.05) is 0 Å². The molecule has 0 bridgehead atoms. The van der Waals surface area contributed by atoms with Gasteiger partial charge in [-0.2, -0.15) is 0 Å². The van der Waals surface area contributed by atoms with Crippen LogP contribution in [0.25, 0.3) is 22.3 Å². The van der Waals surface area contributed by atoms with Crippen LogP contribution in [0.3, 0.4) is 0 Å². The van der Waals surface area contributed by atoms with Gasteiger partial charge in [0.2, 0.25) is 0 Å². The van der Waals surface area contributed by atoms with Crippen LogP contribution in [0.1, 0.15) is 12.5 Å². The first-order valence-corrected chi connectivity index (χ1v) is 7.68. The number of benzene rings is 1. The van der Waals surface area contributed by atoms with Crippen molar-refractivity contribution in [2.24, 2.45) is 0 Å². The molecule has 0 spiro atoms. The number of fused-ring (bicyclic) bond motifs is 1. The van der Waals surface area contributed by atoms with Crippen molar-refractivity contribution in [2.45, 2.75) is 6.92 Å². The summed E-state index contributed by atoms with van der Waals surface area (Å²) in [5.74, 6) is -2.75. The van der Waals surface area contributed by atoms with E-state index in [4.69, 9.17) is 23.2 Å². The SMILES string of the molecule is C=C(C)c1cn(-c2c(F)cc(F)cc2Cl)c2nc(Cl)c(F)cc2c1=O. The Morgan fingerprint density at radius 3 is 2.44 bits per heavy atom. The first-order valence-electron chi connectivity index (χ1n) is 6.93. The van der Waals surface area contributed by atoms with Crippen LogP contribution < -0.4 is 5.43 Å². The molecule has 0 N–H and O–H groups in total. The van der Waals surface area contributed by atoms with Crippen molar-refractivity contribution in [1.82, 2.24) is 9.55 Å². The minimum Gasteiger partial charge on any atom is -0.296 e. The third-order valence-corrected chi connectivity index (χ3v) is 4.12. The Balaban J connectivity index is 2.55. The second kappa shape index (κ2) is 6.20. The van der Waals surface area contributed by atoms with E-state index in [0.29, 0.717) is 11.6 Å². The van der Waals surface area contributed by atoms with E-state index in [-0.39, 0.29) is 27.3 Å². The highest BCUT2D eigenvalue weighted by atomic mass is 35.5. The Hall–Kier alpha value is -2.31. The largest absolute Gasteiger partial charge is 0.296 e. The van der Waals surface area contributed by atoms with Gasteiger partial charge in [0.15, 0.2) is 27.9 Å². The quantitative estimate of drug-likeness (QED) is 0.573. The van der Waals surface area contributed by atoms with Gasteiger partial charge in [-0.15, -0.1) is 0 Å². The molecule has 0 aliphatic heterocycles. The predicted octanol–water partition coefficient (Wildman–Crippen LogP) is 5.14. The second-order valence-electron chi connectivity index (χ2n) is 5.37. The summed E-state index contributed by atoms with van der Waals surface area (Å²) in [6, 6.07) is 2.46. The van der Waals surface area contributed by atoms with Crippen LogP contribution in [0, 0.1) is 17.5 Å². The van der Waals surface area contributed by atoms with Gasteiger partial charge in [0, 0.05) is 17.8 Å². The van der Waals surface area contributed by atoms with E-state index in [2.05, 4.69) is 11.6 Å². The molecule has 0 saturated carbocycles. The standard InChI is InChI=1S/C17H9Cl2F3N2O/c1-7(2)10-6-24(14-11(18)3-8(20)4-12(14)21)17-9(15(10)25)5-13(22)16(19)23-17/h3-6H,1H2,2H3. The molecule has 0 aliphatic rings. The summed E-state index contributed by atoms with van der Waals surface area (Å²) in [6.07, 6.45) is 1.26. The lowest BCUT2D eigenvalue weighted by Crippen LogP contribution is -2.15. The Kier molecular flexibility index (Phi) is 4.34. The zero-order valence-corrected chi connectivity index (χ0v) is 14.2. The molecule has 0 saturated heterocycles. The summed E-state index contributed by atoms with van der Waals surface area (Å²) < 4.78 is 42.6. The molecule has 1 aromatic carbocycles. The Morgan fingerprint density at radius 2 is 1.84 bits per heavy atom. The molecule has 0 amide bonds. The van der Waals surface area contributed by atoms with E-state index in [9.17, 15) is 18.0 Å². The molecule has 25 heavy (non-hydrogen) atoms. The fraction of sp³-hybridized carbons (Fsp3) is 0.0588. The summed E-state index contributed by atoms with van der Waals surface area (Å²) in [5, 5.41) is -0.887. The van der Waals surface area contributed by atoms with Gasteiger partial charge in [-0.3, -0.25) is 9.36 Å². The molecule has 0 radical (unpaired) electrons. The Labute approximate surface area is 149 Å². The fourth-order valence-electron chi connectivity index (χ4n) is 2.44. The van der Waals surface area contributed by atoms with Crippen LogP contribution in [0.5, 0.6) is 0 Å².